The highest BCUT2D eigenvalue weighted by Gasteiger charge is 2.56. The van der Waals surface area contributed by atoms with Crippen LogP contribution < -0.4 is 0 Å². The summed E-state index contributed by atoms with van der Waals surface area (Å²) in [5, 5.41) is 20.0. The van der Waals surface area contributed by atoms with Gasteiger partial charge in [0.25, 0.3) is 0 Å². The maximum atomic E-state index is 10.2. The average molecular weight is 461 g/mol. The lowest BCUT2D eigenvalue weighted by molar-refractivity contribution is -0.0237. The quantitative estimate of drug-likeness (QED) is 0.349. The smallest absolute Gasteiger partial charge is 0.0736 e. The summed E-state index contributed by atoms with van der Waals surface area (Å²) in [5.41, 5.74) is 6.26. The van der Waals surface area contributed by atoms with Gasteiger partial charge in [0.2, 0.25) is 0 Å². The van der Waals surface area contributed by atoms with Gasteiger partial charge in [-0.15, -0.1) is 0 Å². The molecule has 2 fully saturated rings. The largest absolute Gasteiger partial charge is 0.393 e. The topological polar surface area (TPSA) is 53.1 Å². The van der Waals surface area contributed by atoms with E-state index in [-0.39, 0.29) is 11.5 Å². The number of aliphatic hydroxyl groups is 1. The first kappa shape index (κ1) is 23.3. The normalized spacial score (nSPS) is 36.3. The number of hydrogen-bond acceptors (Lipinski definition) is 4. The maximum Gasteiger partial charge on any atom is 0.0736 e. The second-order valence-electron chi connectivity index (χ2n) is 11.5. The summed E-state index contributed by atoms with van der Waals surface area (Å²) in [7, 11) is 3.65. The third-order valence-electron chi connectivity index (χ3n) is 9.66. The first-order valence-electron chi connectivity index (χ1n) is 12.9. The van der Waals surface area contributed by atoms with Crippen LogP contribution in [0.25, 0.3) is 11.1 Å². The summed E-state index contributed by atoms with van der Waals surface area (Å²) >= 11 is 0. The molecular formula is C29H40N4O. The average Bonchev–Trinajstić information content (AvgIpc) is 3.40. The summed E-state index contributed by atoms with van der Waals surface area (Å²) in [4.78, 5) is 0. The highest BCUT2D eigenvalue weighted by molar-refractivity contribution is 5.82. The van der Waals surface area contributed by atoms with Crippen LogP contribution in [0.4, 0.5) is 0 Å². The molecule has 6 rings (SSSR count). The number of pyridine rings is 1. The summed E-state index contributed by atoms with van der Waals surface area (Å²) in [6.45, 7) is 8.28. The van der Waals surface area contributed by atoms with Gasteiger partial charge in [-0.3, -0.25) is 0 Å². The lowest BCUT2D eigenvalue weighted by Crippen LogP contribution is -2.49. The minimum absolute atomic E-state index is 0.116. The van der Waals surface area contributed by atoms with Crippen molar-refractivity contribution in [3.63, 3.8) is 0 Å². The van der Waals surface area contributed by atoms with Crippen molar-refractivity contribution in [2.75, 3.05) is 14.1 Å². The summed E-state index contributed by atoms with van der Waals surface area (Å²) in [5.74, 6) is 2.29. The lowest BCUT2D eigenvalue weighted by atomic mass is 9.47. The number of fused-ring (bicyclic) bond motifs is 6. The van der Waals surface area contributed by atoms with Crippen LogP contribution in [0.3, 0.4) is 0 Å². The molecule has 5 heteroatoms. The number of aliphatic hydroxyl groups excluding tert-OH is 1. The number of rotatable bonds is 2. The van der Waals surface area contributed by atoms with Crippen LogP contribution in [-0.4, -0.2) is 46.6 Å². The van der Waals surface area contributed by atoms with E-state index < -0.39 is 0 Å². The van der Waals surface area contributed by atoms with Gasteiger partial charge in [-0.25, -0.2) is 4.52 Å². The van der Waals surface area contributed by atoms with E-state index in [0.717, 1.165) is 30.6 Å². The van der Waals surface area contributed by atoms with Gasteiger partial charge in [-0.1, -0.05) is 37.6 Å². The van der Waals surface area contributed by atoms with Crippen molar-refractivity contribution in [1.29, 1.82) is 0 Å². The van der Waals surface area contributed by atoms with Crippen molar-refractivity contribution in [2.24, 2.45) is 33.7 Å². The Hall–Kier alpha value is -2.40. The van der Waals surface area contributed by atoms with Crippen molar-refractivity contribution >= 4 is 17.8 Å². The minimum Gasteiger partial charge on any atom is -0.393 e. The molecule has 34 heavy (non-hydrogen) atoms. The van der Waals surface area contributed by atoms with Crippen LogP contribution in [0.2, 0.25) is 0 Å². The molecule has 4 unspecified atom stereocenters. The van der Waals surface area contributed by atoms with E-state index >= 15 is 0 Å². The molecule has 2 saturated carbocycles. The van der Waals surface area contributed by atoms with Crippen LogP contribution >= 0.6 is 0 Å². The fourth-order valence-corrected chi connectivity index (χ4v) is 7.77. The van der Waals surface area contributed by atoms with Gasteiger partial charge in [0.1, 0.15) is 0 Å². The zero-order chi connectivity index (χ0) is 24.1. The predicted octanol–water partition coefficient (Wildman–Crippen LogP) is 5.81. The molecule has 1 N–H and O–H groups in total. The Morgan fingerprint density at radius 2 is 1.85 bits per heavy atom. The molecule has 2 aromatic heterocycles. The molecule has 0 bridgehead atoms. The molecule has 0 spiro atoms. The van der Waals surface area contributed by atoms with E-state index in [1.165, 1.54) is 43.2 Å². The van der Waals surface area contributed by atoms with Crippen molar-refractivity contribution in [1.82, 2.24) is 14.6 Å². The number of allylic oxidation sites excluding steroid dienone is 3. The summed E-state index contributed by atoms with van der Waals surface area (Å²) < 4.78 is 2.02. The Morgan fingerprint density at radius 1 is 1.09 bits per heavy atom. The number of aromatic nitrogens is 2. The van der Waals surface area contributed by atoms with Crippen LogP contribution in [0, 0.1) is 28.6 Å². The van der Waals surface area contributed by atoms with E-state index in [4.69, 9.17) is 0 Å². The third-order valence-corrected chi connectivity index (χ3v) is 9.66. The molecule has 4 aliphatic rings. The van der Waals surface area contributed by atoms with Gasteiger partial charge < -0.3 is 10.1 Å². The van der Waals surface area contributed by atoms with E-state index in [2.05, 4.69) is 73.5 Å². The van der Waals surface area contributed by atoms with Gasteiger partial charge in [-0.05, 0) is 91.2 Å². The number of hydrogen-bond donors (Lipinski definition) is 1. The van der Waals surface area contributed by atoms with E-state index in [1.807, 2.05) is 18.6 Å². The van der Waals surface area contributed by atoms with Crippen LogP contribution in [0.5, 0.6) is 0 Å². The van der Waals surface area contributed by atoms with Crippen molar-refractivity contribution < 1.29 is 5.11 Å². The molecule has 6 atom stereocenters. The second-order valence-corrected chi connectivity index (χ2v) is 11.5. The zero-order valence-corrected chi connectivity index (χ0v) is 21.2. The van der Waals surface area contributed by atoms with Gasteiger partial charge in [-0.2, -0.15) is 10.2 Å². The third kappa shape index (κ3) is 3.64. The summed E-state index contributed by atoms with van der Waals surface area (Å²) in [6, 6.07) is 6.38. The second kappa shape index (κ2) is 8.67. The Balaban J connectivity index is 0.000000439. The maximum absolute atomic E-state index is 10.2. The van der Waals surface area contributed by atoms with E-state index in [0.29, 0.717) is 5.41 Å². The monoisotopic (exact) mass is 460 g/mol. The highest BCUT2D eigenvalue weighted by Crippen LogP contribution is 2.66. The fourth-order valence-electron chi connectivity index (χ4n) is 7.77. The molecule has 0 aromatic carbocycles. The molecule has 5 nitrogen and oxygen atoms in total. The molecule has 182 valence electrons. The number of hydrazone groups is 1. The lowest BCUT2D eigenvalue weighted by Gasteiger charge is -2.57. The van der Waals surface area contributed by atoms with Gasteiger partial charge >= 0.3 is 0 Å². The molecule has 0 saturated heterocycles. The Bertz CT molecular complexity index is 1130. The highest BCUT2D eigenvalue weighted by atomic mass is 16.3. The predicted molar refractivity (Wildman–Crippen MR) is 139 cm³/mol. The van der Waals surface area contributed by atoms with Crippen LogP contribution in [0.15, 0.2) is 53.4 Å². The summed E-state index contributed by atoms with van der Waals surface area (Å²) in [6.07, 6.45) is 17.2. The minimum atomic E-state index is -0.116. The molecule has 0 radical (unpaired) electrons. The fraction of sp³-hybridized carbons (Fsp3) is 0.586. The molecule has 0 amide bonds. The van der Waals surface area contributed by atoms with Crippen molar-refractivity contribution in [3.05, 3.63) is 53.9 Å². The molecule has 4 aliphatic carbocycles. The van der Waals surface area contributed by atoms with Crippen LogP contribution in [0.1, 0.15) is 64.4 Å². The Kier molecular flexibility index (Phi) is 5.96. The van der Waals surface area contributed by atoms with Gasteiger partial charge in [0, 0.05) is 32.6 Å². The van der Waals surface area contributed by atoms with E-state index in [9.17, 15) is 5.11 Å². The number of nitrogens with zero attached hydrogens (tertiary/aromatic N) is 4. The standard InChI is InChI=1S/C26H32N2O.C3H8N2/c1-25-12-10-18(29)15-17(25)6-7-19-21-8-9-22(26(21,2)13-11-23(19)25)20-16-27-28-14-4-3-5-24(20)28;1-4-5(2)3/h3-6,9,14,16,18-19,21,23,29H,7-8,10-13,15H2,1-2H3;1H2,2-3H3/t18-,19?,21?,23?,25-,26?;/m0./s1. The Labute approximate surface area is 204 Å². The van der Waals surface area contributed by atoms with Gasteiger partial charge in [0.05, 0.1) is 17.8 Å². The van der Waals surface area contributed by atoms with Crippen molar-refractivity contribution in [2.45, 2.75) is 64.9 Å². The van der Waals surface area contributed by atoms with Crippen LogP contribution in [-0.2, 0) is 0 Å². The molecule has 2 aromatic rings. The first-order valence-corrected chi connectivity index (χ1v) is 12.9. The van der Waals surface area contributed by atoms with Gasteiger partial charge in [0.15, 0.2) is 0 Å². The molecule has 0 aliphatic heterocycles. The zero-order valence-electron chi connectivity index (χ0n) is 21.2. The molecule has 2 heterocycles. The SMILES string of the molecule is C=NN(C)C.CC12CCC3C(CC=C4C[C@@H](O)CC[C@@]43C)C1CC=C2c1cnn2ccccc12. The Morgan fingerprint density at radius 3 is 2.62 bits per heavy atom. The first-order chi connectivity index (χ1) is 16.3. The van der Waals surface area contributed by atoms with E-state index in [1.54, 1.807) is 16.2 Å². The van der Waals surface area contributed by atoms with Crippen molar-refractivity contribution in [3.8, 4) is 0 Å². The molecular weight excluding hydrogens is 420 g/mol.